The Morgan fingerprint density at radius 3 is 2.26 bits per heavy atom. The van der Waals surface area contributed by atoms with E-state index in [2.05, 4.69) is 10.6 Å². The maximum atomic E-state index is 13.3. The molecule has 0 spiro atoms. The van der Waals surface area contributed by atoms with E-state index in [0.717, 1.165) is 24.5 Å². The monoisotopic (exact) mass is 788 g/mol. The number of esters is 3. The summed E-state index contributed by atoms with van der Waals surface area (Å²) in [6, 6.07) is 15.6. The molecule has 5 rings (SSSR count). The van der Waals surface area contributed by atoms with Crippen LogP contribution in [0.2, 0.25) is 0 Å². The van der Waals surface area contributed by atoms with Crippen molar-refractivity contribution < 1.29 is 57.9 Å². The normalized spacial score (nSPS) is 19.4. The van der Waals surface area contributed by atoms with Gasteiger partial charge in [-0.1, -0.05) is 76.4 Å². The number of aromatic hydroxyl groups is 3. The Morgan fingerprint density at radius 2 is 1.60 bits per heavy atom. The van der Waals surface area contributed by atoms with E-state index in [1.54, 1.807) is 0 Å². The average Bonchev–Trinajstić information content (AvgIpc) is 3.17. The number of carbonyl (C=O) groups is 5. The van der Waals surface area contributed by atoms with Crippen LogP contribution in [0.25, 0.3) is 22.3 Å². The highest BCUT2D eigenvalue weighted by Crippen LogP contribution is 2.31. The van der Waals surface area contributed by atoms with Crippen LogP contribution < -0.4 is 16.1 Å². The van der Waals surface area contributed by atoms with Crippen molar-refractivity contribution in [2.24, 2.45) is 11.8 Å². The van der Waals surface area contributed by atoms with Crippen LogP contribution in [0.3, 0.4) is 0 Å². The Bertz CT molecular complexity index is 2110. The number of hydrogen-bond acceptors (Lipinski definition) is 13. The highest BCUT2D eigenvalue weighted by molar-refractivity contribution is 6.01. The van der Waals surface area contributed by atoms with Crippen LogP contribution in [0.1, 0.15) is 77.1 Å². The number of carbonyl (C=O) groups excluding carboxylic acids is 5. The Hall–Kier alpha value is -6.38. The molecule has 0 saturated carbocycles. The molecule has 5 atom stereocenters. The van der Waals surface area contributed by atoms with Gasteiger partial charge in [-0.25, -0.2) is 4.79 Å². The Labute approximate surface area is 328 Å². The van der Waals surface area contributed by atoms with Crippen molar-refractivity contribution in [1.29, 1.82) is 0 Å². The lowest BCUT2D eigenvalue weighted by Gasteiger charge is -2.29. The number of cyclic esters (lactones) is 2. The minimum atomic E-state index is -1.42. The number of nitrogens with one attached hydrogen (secondary N) is 2. The standard InChI is InChI=1S/C27H38N2O9.C15H10O4/c1-6-7-8-10-19-24(38-21(31)13-15(2)3)17(5)37-27(35)22(16(4)36-26(19)34)29-25(33)18-11-9-12-20(23(18)32)28-14-30;16-10-6-11(17)15-12(18)8-13(19-14(15)7-10)9-4-2-1-3-5-9/h9,11-12,14-17,19,22,24,32H,6-8,10,13H2,1-5H3,(H,28,30)(H,29,33);1-8,16-17H. The van der Waals surface area contributed by atoms with E-state index < -0.39 is 59.8 Å². The summed E-state index contributed by atoms with van der Waals surface area (Å²) in [7, 11) is 0. The van der Waals surface area contributed by atoms with Crippen LogP contribution in [0, 0.1) is 11.8 Å². The third-order valence-electron chi connectivity index (χ3n) is 9.09. The number of anilines is 1. The van der Waals surface area contributed by atoms with Gasteiger partial charge in [0, 0.05) is 30.2 Å². The van der Waals surface area contributed by atoms with E-state index in [1.165, 1.54) is 44.2 Å². The molecule has 5 unspecified atom stereocenters. The molecule has 0 bridgehead atoms. The number of amides is 2. The first-order chi connectivity index (χ1) is 27.1. The molecular formula is C42H48N2O13. The predicted octanol–water partition coefficient (Wildman–Crippen LogP) is 5.96. The third kappa shape index (κ3) is 11.3. The van der Waals surface area contributed by atoms with Crippen molar-refractivity contribution in [1.82, 2.24) is 5.32 Å². The van der Waals surface area contributed by atoms with Gasteiger partial charge in [0.05, 0.1) is 17.2 Å². The van der Waals surface area contributed by atoms with Crippen LogP contribution in [0.15, 0.2) is 75.9 Å². The van der Waals surface area contributed by atoms with Gasteiger partial charge in [-0.05, 0) is 38.3 Å². The summed E-state index contributed by atoms with van der Waals surface area (Å²) in [5.74, 6) is -4.33. The summed E-state index contributed by atoms with van der Waals surface area (Å²) in [6.45, 7) is 8.70. The van der Waals surface area contributed by atoms with Crippen LogP contribution in [0.4, 0.5) is 5.69 Å². The molecule has 1 fully saturated rings. The predicted molar refractivity (Wildman–Crippen MR) is 208 cm³/mol. The molecule has 15 heteroatoms. The molecule has 0 radical (unpaired) electrons. The molecule has 1 aliphatic rings. The molecule has 5 N–H and O–H groups in total. The van der Waals surface area contributed by atoms with Crippen LogP contribution in [0.5, 0.6) is 17.2 Å². The van der Waals surface area contributed by atoms with Crippen molar-refractivity contribution in [2.45, 2.75) is 91.1 Å². The van der Waals surface area contributed by atoms with Crippen molar-refractivity contribution >= 4 is 46.9 Å². The molecule has 15 nitrogen and oxygen atoms in total. The van der Waals surface area contributed by atoms with Gasteiger partial charge in [0.1, 0.15) is 40.4 Å². The molecule has 1 aliphatic heterocycles. The fourth-order valence-electron chi connectivity index (χ4n) is 6.22. The zero-order valence-corrected chi connectivity index (χ0v) is 32.4. The zero-order chi connectivity index (χ0) is 41.8. The molecule has 2 heterocycles. The number of unbranched alkanes of at least 4 members (excludes halogenated alkanes) is 2. The van der Waals surface area contributed by atoms with E-state index in [0.29, 0.717) is 25.0 Å². The second kappa shape index (κ2) is 20.0. The minimum Gasteiger partial charge on any atom is -0.508 e. The molecule has 304 valence electrons. The molecule has 57 heavy (non-hydrogen) atoms. The summed E-state index contributed by atoms with van der Waals surface area (Å²) >= 11 is 0. The van der Waals surface area contributed by atoms with Crippen molar-refractivity contribution in [3.8, 4) is 28.6 Å². The number of fused-ring (bicyclic) bond motifs is 1. The number of benzene rings is 3. The molecule has 4 aromatic rings. The second-order valence-electron chi connectivity index (χ2n) is 14.0. The third-order valence-corrected chi connectivity index (χ3v) is 9.09. The lowest BCUT2D eigenvalue weighted by Crippen LogP contribution is -2.50. The van der Waals surface area contributed by atoms with Gasteiger partial charge in [-0.2, -0.15) is 0 Å². The van der Waals surface area contributed by atoms with Crippen LogP contribution in [-0.2, 0) is 33.4 Å². The molecule has 3 aromatic carbocycles. The minimum absolute atomic E-state index is 0.00114. The second-order valence-corrected chi connectivity index (χ2v) is 14.0. The van der Waals surface area contributed by atoms with E-state index in [9.17, 15) is 44.1 Å². The van der Waals surface area contributed by atoms with Gasteiger partial charge < -0.3 is 44.6 Å². The molecule has 0 aliphatic carbocycles. The van der Waals surface area contributed by atoms with Crippen molar-refractivity contribution in [3.05, 3.63) is 82.5 Å². The summed E-state index contributed by atoms with van der Waals surface area (Å²) in [4.78, 5) is 74.7. The summed E-state index contributed by atoms with van der Waals surface area (Å²) < 4.78 is 22.4. The molecule has 1 aromatic heterocycles. The highest BCUT2D eigenvalue weighted by Gasteiger charge is 2.44. The van der Waals surface area contributed by atoms with Gasteiger partial charge >= 0.3 is 17.9 Å². The first-order valence-corrected chi connectivity index (χ1v) is 18.6. The van der Waals surface area contributed by atoms with Crippen LogP contribution in [-0.4, -0.2) is 69.9 Å². The summed E-state index contributed by atoms with van der Waals surface area (Å²) in [6.07, 6.45) is 0.0639. The number of phenolic OH excluding ortho intramolecular Hbond substituents is 3. The maximum absolute atomic E-state index is 13.3. The Morgan fingerprint density at radius 1 is 0.895 bits per heavy atom. The largest absolute Gasteiger partial charge is 0.508 e. The fourth-order valence-corrected chi connectivity index (χ4v) is 6.22. The SMILES string of the molecule is CCCCCC1C(=O)OC(C)C(NC(=O)c2cccc(NC=O)c2O)C(=O)OC(C)C1OC(=O)CC(C)C.O=c1cc(-c2ccccc2)oc2cc(O)cc(O)c12. The van der Waals surface area contributed by atoms with E-state index in [4.69, 9.17) is 18.6 Å². The number of hydrogen-bond donors (Lipinski definition) is 5. The van der Waals surface area contributed by atoms with Gasteiger partial charge in [0.2, 0.25) is 6.41 Å². The smallest absolute Gasteiger partial charge is 0.332 e. The molecule has 1 saturated heterocycles. The highest BCUT2D eigenvalue weighted by atomic mass is 16.6. The first kappa shape index (κ1) is 43.3. The molecule has 2 amide bonds. The maximum Gasteiger partial charge on any atom is 0.332 e. The van der Waals surface area contributed by atoms with Crippen molar-refractivity contribution in [3.63, 3.8) is 0 Å². The van der Waals surface area contributed by atoms with Crippen molar-refractivity contribution in [2.75, 3.05) is 5.32 Å². The first-order valence-electron chi connectivity index (χ1n) is 18.6. The Kier molecular flexibility index (Phi) is 15.2. The van der Waals surface area contributed by atoms with E-state index in [-0.39, 0.29) is 51.5 Å². The average molecular weight is 789 g/mol. The number of para-hydroxylation sites is 1. The zero-order valence-electron chi connectivity index (χ0n) is 32.4. The number of rotatable bonds is 12. The Balaban J connectivity index is 0.000000313. The van der Waals surface area contributed by atoms with E-state index >= 15 is 0 Å². The fraction of sp³-hybridized carbons (Fsp3) is 0.381. The number of ether oxygens (including phenoxy) is 3. The summed E-state index contributed by atoms with van der Waals surface area (Å²) in [5.41, 5.74) is 0.346. The van der Waals surface area contributed by atoms with Crippen LogP contribution >= 0.6 is 0 Å². The topological polar surface area (TPSA) is 228 Å². The number of phenols is 3. The lowest BCUT2D eigenvalue weighted by molar-refractivity contribution is -0.175. The molecular weight excluding hydrogens is 740 g/mol. The van der Waals surface area contributed by atoms with Gasteiger partial charge in [-0.3, -0.25) is 24.0 Å². The lowest BCUT2D eigenvalue weighted by atomic mass is 9.92. The quantitative estimate of drug-likeness (QED) is 0.0367. The van der Waals surface area contributed by atoms with Gasteiger partial charge in [0.25, 0.3) is 5.91 Å². The summed E-state index contributed by atoms with van der Waals surface area (Å²) in [5, 5.41) is 34.3. The van der Waals surface area contributed by atoms with Gasteiger partial charge in [0.15, 0.2) is 23.3 Å². The van der Waals surface area contributed by atoms with Gasteiger partial charge in [-0.15, -0.1) is 0 Å². The van der Waals surface area contributed by atoms with E-state index in [1.807, 2.05) is 51.1 Å².